The van der Waals surface area contributed by atoms with Gasteiger partial charge in [-0.25, -0.2) is 0 Å². The Bertz CT molecular complexity index is 194. The second-order valence-corrected chi connectivity index (χ2v) is 5.07. The quantitative estimate of drug-likeness (QED) is 0.693. The summed E-state index contributed by atoms with van der Waals surface area (Å²) in [6.07, 6.45) is 6.46. The van der Waals surface area contributed by atoms with Crippen molar-refractivity contribution in [2.24, 2.45) is 11.8 Å². The van der Waals surface area contributed by atoms with Crippen molar-refractivity contribution in [3.8, 4) is 0 Å². The fraction of sp³-hybridized carbons (Fsp3) is 1.00. The summed E-state index contributed by atoms with van der Waals surface area (Å²) in [6, 6.07) is 0.917. The minimum atomic E-state index is -0.00521. The van der Waals surface area contributed by atoms with Crippen molar-refractivity contribution in [2.75, 3.05) is 13.1 Å². The van der Waals surface area contributed by atoms with Gasteiger partial charge >= 0.3 is 0 Å². The minimum absolute atomic E-state index is 0.00521. The third kappa shape index (κ3) is 1.62. The molecule has 2 aliphatic carbocycles. The zero-order chi connectivity index (χ0) is 8.84. The van der Waals surface area contributed by atoms with E-state index in [-0.39, 0.29) is 6.10 Å². The first kappa shape index (κ1) is 8.25. The number of nitrogens with zero attached hydrogens (tertiary/aromatic N) is 1. The lowest BCUT2D eigenvalue weighted by Gasteiger charge is -2.29. The van der Waals surface area contributed by atoms with Gasteiger partial charge in [0.1, 0.15) is 0 Å². The molecule has 0 amide bonds. The fourth-order valence-electron chi connectivity index (χ4n) is 2.87. The van der Waals surface area contributed by atoms with Crippen LogP contribution in [0, 0.1) is 11.8 Å². The largest absolute Gasteiger partial charge is 0.393 e. The maximum atomic E-state index is 9.39. The Morgan fingerprint density at radius 1 is 1.00 bits per heavy atom. The third-order valence-electron chi connectivity index (χ3n) is 4.00. The van der Waals surface area contributed by atoms with E-state index in [1.54, 1.807) is 0 Å². The van der Waals surface area contributed by atoms with E-state index in [9.17, 15) is 5.11 Å². The Hall–Kier alpha value is -0.0800. The van der Waals surface area contributed by atoms with Crippen LogP contribution in [0.5, 0.6) is 0 Å². The van der Waals surface area contributed by atoms with Crippen molar-refractivity contribution in [1.29, 1.82) is 0 Å². The maximum Gasteiger partial charge on any atom is 0.0564 e. The van der Waals surface area contributed by atoms with Crippen LogP contribution < -0.4 is 0 Å². The molecule has 2 unspecified atom stereocenters. The Kier molecular flexibility index (Phi) is 1.88. The summed E-state index contributed by atoms with van der Waals surface area (Å²) in [6.45, 7) is 2.30. The van der Waals surface area contributed by atoms with E-state index >= 15 is 0 Å². The molecule has 1 aliphatic heterocycles. The molecular weight excluding hydrogens is 162 g/mol. The van der Waals surface area contributed by atoms with Gasteiger partial charge in [0.25, 0.3) is 0 Å². The minimum Gasteiger partial charge on any atom is -0.393 e. The molecule has 2 nitrogen and oxygen atoms in total. The Balaban J connectivity index is 1.50. The van der Waals surface area contributed by atoms with E-state index < -0.39 is 0 Å². The van der Waals surface area contributed by atoms with Gasteiger partial charge in [0.15, 0.2) is 0 Å². The van der Waals surface area contributed by atoms with Gasteiger partial charge in [-0.05, 0) is 43.9 Å². The molecule has 0 aromatic rings. The van der Waals surface area contributed by atoms with E-state index in [0.717, 1.165) is 43.8 Å². The van der Waals surface area contributed by atoms with Crippen LogP contribution in [0.25, 0.3) is 0 Å². The van der Waals surface area contributed by atoms with Gasteiger partial charge in [-0.1, -0.05) is 0 Å². The molecular formula is C11H19NO. The summed E-state index contributed by atoms with van der Waals surface area (Å²) in [5.74, 6) is 2.15. The normalized spacial score (nSPS) is 42.2. The Labute approximate surface area is 79.9 Å². The first-order chi connectivity index (χ1) is 6.34. The molecule has 2 heteroatoms. The van der Waals surface area contributed by atoms with Gasteiger partial charge < -0.3 is 5.11 Å². The molecule has 3 aliphatic rings. The molecule has 3 fully saturated rings. The van der Waals surface area contributed by atoms with Gasteiger partial charge in [0.2, 0.25) is 0 Å². The molecule has 3 rings (SSSR count). The van der Waals surface area contributed by atoms with Crippen LogP contribution in [0.4, 0.5) is 0 Å². The summed E-state index contributed by atoms with van der Waals surface area (Å²) < 4.78 is 0. The fourth-order valence-corrected chi connectivity index (χ4v) is 2.87. The summed E-state index contributed by atoms with van der Waals surface area (Å²) >= 11 is 0. The van der Waals surface area contributed by atoms with Gasteiger partial charge in [-0.3, -0.25) is 4.90 Å². The van der Waals surface area contributed by atoms with Crippen LogP contribution >= 0.6 is 0 Å². The smallest absolute Gasteiger partial charge is 0.0564 e. The Morgan fingerprint density at radius 2 is 1.69 bits per heavy atom. The second kappa shape index (κ2) is 2.96. The van der Waals surface area contributed by atoms with E-state index in [1.807, 2.05) is 0 Å². The molecule has 13 heavy (non-hydrogen) atoms. The van der Waals surface area contributed by atoms with Gasteiger partial charge in [0.05, 0.1) is 6.10 Å². The molecule has 1 N–H and O–H groups in total. The predicted molar refractivity (Wildman–Crippen MR) is 51.4 cm³/mol. The molecule has 1 heterocycles. The monoisotopic (exact) mass is 181 g/mol. The molecule has 0 spiro atoms. The maximum absolute atomic E-state index is 9.39. The number of rotatable bonds is 2. The summed E-state index contributed by atoms with van der Waals surface area (Å²) in [5.41, 5.74) is 0. The number of hydrogen-bond acceptors (Lipinski definition) is 2. The number of aliphatic hydroxyl groups is 1. The van der Waals surface area contributed by atoms with Crippen LogP contribution in [0.3, 0.4) is 0 Å². The highest BCUT2D eigenvalue weighted by molar-refractivity contribution is 5.03. The van der Waals surface area contributed by atoms with Gasteiger partial charge in [0, 0.05) is 19.1 Å². The molecule has 0 aromatic heterocycles. The zero-order valence-corrected chi connectivity index (χ0v) is 8.15. The molecule has 2 saturated carbocycles. The standard InChI is InChI=1S/C11H19NO/c13-9-3-5-12(6-4-9)11-7-10(11)8-1-2-8/h8-11,13H,1-7H2. The highest BCUT2D eigenvalue weighted by atomic mass is 16.3. The summed E-state index contributed by atoms with van der Waals surface area (Å²) in [4.78, 5) is 2.62. The van der Waals surface area contributed by atoms with E-state index in [4.69, 9.17) is 0 Å². The first-order valence-electron chi connectivity index (χ1n) is 5.77. The van der Waals surface area contributed by atoms with Crippen LogP contribution in [-0.2, 0) is 0 Å². The molecule has 1 saturated heterocycles. The van der Waals surface area contributed by atoms with Gasteiger partial charge in [-0.2, -0.15) is 0 Å². The van der Waals surface area contributed by atoms with Crippen molar-refractivity contribution in [2.45, 2.75) is 44.2 Å². The lowest BCUT2D eigenvalue weighted by Crippen LogP contribution is -2.38. The number of piperidine rings is 1. The lowest BCUT2D eigenvalue weighted by molar-refractivity contribution is 0.0760. The first-order valence-corrected chi connectivity index (χ1v) is 5.77. The SMILES string of the molecule is OC1CCN(C2CC2C2CC2)CC1. The van der Waals surface area contributed by atoms with Crippen molar-refractivity contribution < 1.29 is 5.11 Å². The van der Waals surface area contributed by atoms with Crippen molar-refractivity contribution in [3.05, 3.63) is 0 Å². The van der Waals surface area contributed by atoms with E-state index in [0.29, 0.717) is 0 Å². The molecule has 0 aromatic carbocycles. The number of likely N-dealkylation sites (tertiary alicyclic amines) is 1. The van der Waals surface area contributed by atoms with Crippen LogP contribution in [0.15, 0.2) is 0 Å². The lowest BCUT2D eigenvalue weighted by atomic mass is 10.1. The predicted octanol–water partition coefficient (Wildman–Crippen LogP) is 1.24. The topological polar surface area (TPSA) is 23.5 Å². The van der Waals surface area contributed by atoms with Crippen molar-refractivity contribution in [3.63, 3.8) is 0 Å². The summed E-state index contributed by atoms with van der Waals surface area (Å²) in [7, 11) is 0. The number of aliphatic hydroxyl groups excluding tert-OH is 1. The number of hydrogen-bond donors (Lipinski definition) is 1. The van der Waals surface area contributed by atoms with Gasteiger partial charge in [-0.15, -0.1) is 0 Å². The average Bonchev–Trinajstić information content (AvgIpc) is 2.99. The molecule has 0 bridgehead atoms. The molecule has 74 valence electrons. The highest BCUT2D eigenvalue weighted by Gasteiger charge is 2.50. The highest BCUT2D eigenvalue weighted by Crippen LogP contribution is 2.52. The third-order valence-corrected chi connectivity index (χ3v) is 4.00. The Morgan fingerprint density at radius 3 is 2.31 bits per heavy atom. The average molecular weight is 181 g/mol. The van der Waals surface area contributed by atoms with E-state index in [2.05, 4.69) is 4.90 Å². The van der Waals surface area contributed by atoms with Crippen molar-refractivity contribution in [1.82, 2.24) is 4.90 Å². The van der Waals surface area contributed by atoms with E-state index in [1.165, 1.54) is 19.3 Å². The summed E-state index contributed by atoms with van der Waals surface area (Å²) in [5, 5.41) is 9.39. The van der Waals surface area contributed by atoms with Crippen LogP contribution in [0.2, 0.25) is 0 Å². The zero-order valence-electron chi connectivity index (χ0n) is 8.15. The van der Waals surface area contributed by atoms with Crippen molar-refractivity contribution >= 4 is 0 Å². The molecule has 2 atom stereocenters. The van der Waals surface area contributed by atoms with Crippen LogP contribution in [-0.4, -0.2) is 35.2 Å². The van der Waals surface area contributed by atoms with Crippen LogP contribution in [0.1, 0.15) is 32.1 Å². The molecule has 0 radical (unpaired) electrons. The second-order valence-electron chi connectivity index (χ2n) is 5.07.